The fourth-order valence-corrected chi connectivity index (χ4v) is 3.22. The van der Waals surface area contributed by atoms with Crippen LogP contribution in [0.4, 0.5) is 4.79 Å². The maximum Gasteiger partial charge on any atom is 0.410 e. The highest BCUT2D eigenvalue weighted by Crippen LogP contribution is 2.22. The second kappa shape index (κ2) is 7.34. The summed E-state index contributed by atoms with van der Waals surface area (Å²) < 4.78 is 5.38. The van der Waals surface area contributed by atoms with Crippen LogP contribution in [0.15, 0.2) is 0 Å². The molecule has 1 aliphatic carbocycles. The molecule has 0 unspecified atom stereocenters. The average molecular weight is 310 g/mol. The van der Waals surface area contributed by atoms with E-state index in [1.165, 1.54) is 19.3 Å². The van der Waals surface area contributed by atoms with Gasteiger partial charge in [0.25, 0.3) is 0 Å². The van der Waals surface area contributed by atoms with Gasteiger partial charge in [-0.15, -0.1) is 0 Å². The first kappa shape index (κ1) is 17.1. The first-order valence-corrected chi connectivity index (χ1v) is 8.63. The van der Waals surface area contributed by atoms with Gasteiger partial charge >= 0.3 is 6.09 Å². The zero-order valence-corrected chi connectivity index (χ0v) is 14.2. The fourth-order valence-electron chi connectivity index (χ4n) is 3.22. The normalized spacial score (nSPS) is 21.5. The smallest absolute Gasteiger partial charge is 0.410 e. The molecule has 126 valence electrons. The van der Waals surface area contributed by atoms with Crippen LogP contribution in [-0.2, 0) is 9.53 Å². The molecule has 1 saturated carbocycles. The summed E-state index contributed by atoms with van der Waals surface area (Å²) in [6, 6.07) is 0.366. The van der Waals surface area contributed by atoms with Crippen LogP contribution in [0.5, 0.6) is 0 Å². The summed E-state index contributed by atoms with van der Waals surface area (Å²) in [4.78, 5) is 26.1. The third-order valence-corrected chi connectivity index (χ3v) is 4.47. The lowest BCUT2D eigenvalue weighted by Gasteiger charge is -2.33. The Morgan fingerprint density at radius 2 is 1.59 bits per heavy atom. The van der Waals surface area contributed by atoms with Crippen LogP contribution >= 0.6 is 0 Å². The van der Waals surface area contributed by atoms with E-state index in [0.717, 1.165) is 25.7 Å². The minimum atomic E-state index is -0.466. The Hall–Kier alpha value is -1.26. The Bertz CT molecular complexity index is 389. The van der Waals surface area contributed by atoms with Gasteiger partial charge in [-0.1, -0.05) is 19.3 Å². The highest BCUT2D eigenvalue weighted by molar-refractivity contribution is 5.79. The topological polar surface area (TPSA) is 58.6 Å². The van der Waals surface area contributed by atoms with Crippen LogP contribution < -0.4 is 5.32 Å². The Balaban J connectivity index is 1.74. The van der Waals surface area contributed by atoms with E-state index in [1.807, 2.05) is 20.8 Å². The quantitative estimate of drug-likeness (QED) is 0.852. The van der Waals surface area contributed by atoms with Crippen molar-refractivity contribution in [2.24, 2.45) is 5.92 Å². The molecule has 0 aromatic rings. The van der Waals surface area contributed by atoms with Crippen LogP contribution in [0.1, 0.15) is 65.7 Å². The molecule has 0 bridgehead atoms. The van der Waals surface area contributed by atoms with Crippen LogP contribution in [0.2, 0.25) is 0 Å². The van der Waals surface area contributed by atoms with Crippen molar-refractivity contribution in [1.29, 1.82) is 0 Å². The highest BCUT2D eigenvalue weighted by Gasteiger charge is 2.30. The SMILES string of the molecule is CC(C)(C)OC(=O)N1CCC(C(=O)NC2CCCCC2)CC1. The fraction of sp³-hybridized carbons (Fsp3) is 0.882. The minimum absolute atomic E-state index is 0.0422. The number of hydrogen-bond donors (Lipinski definition) is 1. The van der Waals surface area contributed by atoms with Crippen LogP contribution in [0.3, 0.4) is 0 Å². The van der Waals surface area contributed by atoms with Crippen LogP contribution in [-0.4, -0.2) is 41.6 Å². The lowest BCUT2D eigenvalue weighted by atomic mass is 9.92. The highest BCUT2D eigenvalue weighted by atomic mass is 16.6. The molecule has 2 aliphatic rings. The van der Waals surface area contributed by atoms with Gasteiger partial charge in [-0.2, -0.15) is 0 Å². The van der Waals surface area contributed by atoms with Gasteiger partial charge in [-0.25, -0.2) is 4.79 Å². The molecule has 0 radical (unpaired) electrons. The molecule has 22 heavy (non-hydrogen) atoms. The van der Waals surface area contributed by atoms with Crippen molar-refractivity contribution in [2.75, 3.05) is 13.1 Å². The van der Waals surface area contributed by atoms with Crippen LogP contribution in [0, 0.1) is 5.92 Å². The molecule has 2 fully saturated rings. The summed E-state index contributed by atoms with van der Waals surface area (Å²) >= 11 is 0. The van der Waals surface area contributed by atoms with E-state index in [-0.39, 0.29) is 17.9 Å². The van der Waals surface area contributed by atoms with E-state index in [1.54, 1.807) is 4.90 Å². The van der Waals surface area contributed by atoms with Gasteiger partial charge in [0.1, 0.15) is 5.60 Å². The molecule has 2 rings (SSSR count). The van der Waals surface area contributed by atoms with E-state index in [2.05, 4.69) is 5.32 Å². The molecule has 5 heteroatoms. The van der Waals surface area contributed by atoms with Crippen LogP contribution in [0.25, 0.3) is 0 Å². The second-order valence-corrected chi connectivity index (χ2v) is 7.59. The maximum atomic E-state index is 12.3. The average Bonchev–Trinajstić information content (AvgIpc) is 2.46. The summed E-state index contributed by atoms with van der Waals surface area (Å²) in [6.45, 7) is 6.83. The Morgan fingerprint density at radius 3 is 2.14 bits per heavy atom. The third-order valence-electron chi connectivity index (χ3n) is 4.47. The van der Waals surface area contributed by atoms with Gasteiger partial charge in [-0.3, -0.25) is 4.79 Å². The third kappa shape index (κ3) is 5.18. The van der Waals surface area contributed by atoms with Crippen molar-refractivity contribution in [3.63, 3.8) is 0 Å². The van der Waals surface area contributed by atoms with E-state index in [0.29, 0.717) is 19.1 Å². The molecule has 0 aromatic carbocycles. The first-order chi connectivity index (χ1) is 10.3. The molecule has 1 aliphatic heterocycles. The molecular weight excluding hydrogens is 280 g/mol. The number of carbonyl (C=O) groups is 2. The molecule has 2 amide bonds. The van der Waals surface area contributed by atoms with E-state index >= 15 is 0 Å². The molecule has 1 saturated heterocycles. The zero-order chi connectivity index (χ0) is 16.2. The van der Waals surface area contributed by atoms with Gasteiger partial charge in [-0.05, 0) is 46.5 Å². The summed E-state index contributed by atoms with van der Waals surface area (Å²) in [5, 5.41) is 3.20. The van der Waals surface area contributed by atoms with Crippen molar-refractivity contribution in [3.05, 3.63) is 0 Å². The van der Waals surface area contributed by atoms with Crippen molar-refractivity contribution in [2.45, 2.75) is 77.4 Å². The number of likely N-dealkylation sites (tertiary alicyclic amines) is 1. The van der Waals surface area contributed by atoms with E-state index < -0.39 is 5.60 Å². The molecule has 5 nitrogen and oxygen atoms in total. The summed E-state index contributed by atoms with van der Waals surface area (Å²) in [6.07, 6.45) is 7.17. The number of amides is 2. The Morgan fingerprint density at radius 1 is 1.00 bits per heavy atom. The molecule has 1 heterocycles. The number of carbonyl (C=O) groups excluding carboxylic acids is 2. The number of piperidine rings is 1. The van der Waals surface area contributed by atoms with Gasteiger partial charge in [0, 0.05) is 25.0 Å². The van der Waals surface area contributed by atoms with E-state index in [9.17, 15) is 9.59 Å². The summed E-state index contributed by atoms with van der Waals surface area (Å²) in [5.41, 5.74) is -0.466. The van der Waals surface area contributed by atoms with Crippen molar-refractivity contribution < 1.29 is 14.3 Å². The number of hydrogen-bond acceptors (Lipinski definition) is 3. The largest absolute Gasteiger partial charge is 0.444 e. The number of rotatable bonds is 2. The standard InChI is InChI=1S/C17H30N2O3/c1-17(2,3)22-16(21)19-11-9-13(10-12-19)15(20)18-14-7-5-4-6-8-14/h13-14H,4-12H2,1-3H3,(H,18,20). The number of nitrogens with zero attached hydrogens (tertiary/aromatic N) is 1. The zero-order valence-electron chi connectivity index (χ0n) is 14.2. The predicted molar refractivity (Wildman–Crippen MR) is 85.5 cm³/mol. The van der Waals surface area contributed by atoms with Gasteiger partial charge in [0.15, 0.2) is 0 Å². The lowest BCUT2D eigenvalue weighted by Crippen LogP contribution is -2.46. The maximum absolute atomic E-state index is 12.3. The first-order valence-electron chi connectivity index (χ1n) is 8.63. The number of ether oxygens (including phenoxy) is 1. The molecule has 0 spiro atoms. The molecule has 1 N–H and O–H groups in total. The molecular formula is C17H30N2O3. The monoisotopic (exact) mass is 310 g/mol. The van der Waals surface area contributed by atoms with Crippen molar-refractivity contribution in [1.82, 2.24) is 10.2 Å². The Kier molecular flexibility index (Phi) is 5.70. The summed E-state index contributed by atoms with van der Waals surface area (Å²) in [5.74, 6) is 0.219. The Labute approximate surface area is 133 Å². The summed E-state index contributed by atoms with van der Waals surface area (Å²) in [7, 11) is 0. The van der Waals surface area contributed by atoms with Gasteiger partial charge < -0.3 is 15.0 Å². The van der Waals surface area contributed by atoms with Gasteiger partial charge in [0.05, 0.1) is 0 Å². The minimum Gasteiger partial charge on any atom is -0.444 e. The molecule has 0 aromatic heterocycles. The van der Waals surface area contributed by atoms with Crippen molar-refractivity contribution >= 4 is 12.0 Å². The second-order valence-electron chi connectivity index (χ2n) is 7.59. The number of nitrogens with one attached hydrogen (secondary N) is 1. The van der Waals surface area contributed by atoms with E-state index in [4.69, 9.17) is 4.74 Å². The molecule has 0 atom stereocenters. The van der Waals surface area contributed by atoms with Gasteiger partial charge in [0.2, 0.25) is 5.91 Å². The predicted octanol–water partition coefficient (Wildman–Crippen LogP) is 3.08. The lowest BCUT2D eigenvalue weighted by molar-refractivity contribution is -0.127. The van der Waals surface area contributed by atoms with Crippen molar-refractivity contribution in [3.8, 4) is 0 Å².